The zero-order valence-electron chi connectivity index (χ0n) is 14.9. The maximum atomic E-state index is 13.8. The van der Waals surface area contributed by atoms with Crippen LogP contribution in [0.5, 0.6) is 23.1 Å². The van der Waals surface area contributed by atoms with Crippen molar-refractivity contribution < 1.29 is 23.0 Å². The average Bonchev–Trinajstić information content (AvgIpc) is 3.15. The summed E-state index contributed by atoms with van der Waals surface area (Å²) in [4.78, 5) is 8.84. The van der Waals surface area contributed by atoms with Gasteiger partial charge in [0.25, 0.3) is 0 Å². The van der Waals surface area contributed by atoms with Gasteiger partial charge in [0, 0.05) is 29.6 Å². The first kappa shape index (κ1) is 18.5. The molecule has 0 saturated carbocycles. The highest BCUT2D eigenvalue weighted by Gasteiger charge is 2.15. The van der Waals surface area contributed by atoms with Crippen LogP contribution in [0.3, 0.4) is 0 Å². The van der Waals surface area contributed by atoms with Crippen LogP contribution >= 0.6 is 11.8 Å². The molecule has 144 valence electrons. The van der Waals surface area contributed by atoms with E-state index in [1.54, 1.807) is 24.3 Å². The summed E-state index contributed by atoms with van der Waals surface area (Å²) in [7, 11) is 0. The van der Waals surface area contributed by atoms with E-state index in [-0.39, 0.29) is 12.5 Å². The number of rotatable bonds is 6. The van der Waals surface area contributed by atoms with Crippen molar-refractivity contribution in [3.05, 3.63) is 65.4 Å². The molecule has 0 saturated heterocycles. The Hall–Kier alpha value is -2.87. The molecule has 1 aliphatic heterocycles. The van der Waals surface area contributed by atoms with Gasteiger partial charge in [-0.2, -0.15) is 4.98 Å². The van der Waals surface area contributed by atoms with Gasteiger partial charge in [0.05, 0.1) is 0 Å². The fourth-order valence-corrected chi connectivity index (χ4v) is 3.44. The maximum absolute atomic E-state index is 13.8. The van der Waals surface area contributed by atoms with Gasteiger partial charge in [-0.3, -0.25) is 0 Å². The molecule has 0 unspecified atom stereocenters. The summed E-state index contributed by atoms with van der Waals surface area (Å²) in [6.07, 6.45) is 0.693. The second kappa shape index (κ2) is 8.02. The highest BCUT2D eigenvalue weighted by Crippen LogP contribution is 2.36. The Morgan fingerprint density at radius 3 is 2.71 bits per heavy atom. The number of aryl methyl sites for hydroxylation is 1. The van der Waals surface area contributed by atoms with Crippen molar-refractivity contribution in [2.75, 3.05) is 6.79 Å². The third-order valence-corrected chi connectivity index (χ3v) is 4.93. The third-order valence-electron chi connectivity index (χ3n) is 4.04. The van der Waals surface area contributed by atoms with Gasteiger partial charge < -0.3 is 14.2 Å². The first-order valence-corrected chi connectivity index (χ1v) is 9.61. The maximum Gasteiger partial charge on any atom is 0.231 e. The monoisotopic (exact) mass is 402 g/mol. The van der Waals surface area contributed by atoms with Crippen LogP contribution in [-0.2, 0) is 12.2 Å². The molecule has 0 amide bonds. The quantitative estimate of drug-likeness (QED) is 0.421. The van der Waals surface area contributed by atoms with Crippen LogP contribution < -0.4 is 14.2 Å². The number of thioether (sulfide) groups is 1. The van der Waals surface area contributed by atoms with E-state index in [0.717, 1.165) is 11.8 Å². The molecule has 0 spiro atoms. The molecule has 0 atom stereocenters. The van der Waals surface area contributed by atoms with Crippen molar-refractivity contribution in [1.82, 2.24) is 9.97 Å². The summed E-state index contributed by atoms with van der Waals surface area (Å²) < 4.78 is 43.4. The van der Waals surface area contributed by atoms with E-state index in [2.05, 4.69) is 9.97 Å². The highest BCUT2D eigenvalue weighted by atomic mass is 32.2. The number of benzene rings is 2. The number of ether oxygens (including phenoxy) is 3. The lowest BCUT2D eigenvalue weighted by Crippen LogP contribution is -1.98. The van der Waals surface area contributed by atoms with Crippen LogP contribution in [0.4, 0.5) is 8.78 Å². The number of nitrogens with zero attached hydrogens (tertiary/aromatic N) is 2. The molecule has 0 radical (unpaired) electrons. The second-order valence-corrected chi connectivity index (χ2v) is 6.92. The zero-order valence-corrected chi connectivity index (χ0v) is 15.8. The van der Waals surface area contributed by atoms with Crippen LogP contribution in [0.15, 0.2) is 47.6 Å². The van der Waals surface area contributed by atoms with E-state index in [9.17, 15) is 8.78 Å². The molecule has 3 aromatic rings. The minimum Gasteiger partial charge on any atom is -0.454 e. The van der Waals surface area contributed by atoms with Gasteiger partial charge >= 0.3 is 0 Å². The molecule has 2 heterocycles. The Kier molecular flexibility index (Phi) is 5.29. The fraction of sp³-hybridized carbons (Fsp3) is 0.200. The zero-order chi connectivity index (χ0) is 19.5. The van der Waals surface area contributed by atoms with Crippen LogP contribution in [0.2, 0.25) is 0 Å². The Morgan fingerprint density at radius 2 is 1.89 bits per heavy atom. The van der Waals surface area contributed by atoms with Gasteiger partial charge in [0.1, 0.15) is 17.4 Å². The third kappa shape index (κ3) is 4.17. The van der Waals surface area contributed by atoms with Crippen molar-refractivity contribution in [3.8, 4) is 23.1 Å². The standard InChI is InChI=1S/C20H16F2N2O3S/c1-2-14-8-19(27-15-5-6-17-18(9-15)26-11-25-17)24-20(23-14)28-10-12-3-4-13(21)7-16(12)22/h3-9H,2,10-11H2,1H3. The molecule has 4 rings (SSSR count). The fourth-order valence-electron chi connectivity index (χ4n) is 2.59. The Morgan fingerprint density at radius 1 is 1.04 bits per heavy atom. The van der Waals surface area contributed by atoms with Gasteiger partial charge in [-0.25, -0.2) is 13.8 Å². The van der Waals surface area contributed by atoms with Gasteiger partial charge in [-0.15, -0.1) is 0 Å². The van der Waals surface area contributed by atoms with Crippen molar-refractivity contribution in [2.45, 2.75) is 24.3 Å². The predicted octanol–water partition coefficient (Wildman–Crippen LogP) is 5.13. The first-order chi connectivity index (χ1) is 13.6. The molecule has 1 aliphatic rings. The van der Waals surface area contributed by atoms with E-state index < -0.39 is 11.6 Å². The minimum atomic E-state index is -0.602. The molecule has 28 heavy (non-hydrogen) atoms. The van der Waals surface area contributed by atoms with Crippen LogP contribution in [0.25, 0.3) is 0 Å². The van der Waals surface area contributed by atoms with Gasteiger partial charge in [0.2, 0.25) is 12.7 Å². The molecule has 0 fully saturated rings. The predicted molar refractivity (Wildman–Crippen MR) is 100.0 cm³/mol. The number of hydrogen-bond donors (Lipinski definition) is 0. The van der Waals surface area contributed by atoms with Crippen LogP contribution in [-0.4, -0.2) is 16.8 Å². The Labute approximate surface area is 164 Å². The van der Waals surface area contributed by atoms with E-state index in [1.807, 2.05) is 6.92 Å². The lowest BCUT2D eigenvalue weighted by Gasteiger charge is -2.09. The van der Waals surface area contributed by atoms with E-state index in [4.69, 9.17) is 14.2 Å². The first-order valence-electron chi connectivity index (χ1n) is 8.63. The molecule has 0 bridgehead atoms. The molecule has 0 aliphatic carbocycles. The van der Waals surface area contributed by atoms with Gasteiger partial charge in [0.15, 0.2) is 16.7 Å². The summed E-state index contributed by atoms with van der Waals surface area (Å²) in [6, 6.07) is 10.5. The van der Waals surface area contributed by atoms with E-state index in [1.165, 1.54) is 23.9 Å². The molecule has 0 N–H and O–H groups in total. The SMILES string of the molecule is CCc1cc(Oc2ccc3c(c2)OCO3)nc(SCc2ccc(F)cc2F)n1. The topological polar surface area (TPSA) is 53.5 Å². The summed E-state index contributed by atoms with van der Waals surface area (Å²) in [6.45, 7) is 2.16. The number of hydrogen-bond acceptors (Lipinski definition) is 6. The highest BCUT2D eigenvalue weighted by molar-refractivity contribution is 7.98. The summed E-state index contributed by atoms with van der Waals surface area (Å²) in [5.74, 6) is 1.32. The van der Waals surface area contributed by atoms with Crippen molar-refractivity contribution in [3.63, 3.8) is 0 Å². The molecular weight excluding hydrogens is 386 g/mol. The number of fused-ring (bicyclic) bond motifs is 1. The number of halogens is 2. The lowest BCUT2D eigenvalue weighted by molar-refractivity contribution is 0.174. The smallest absolute Gasteiger partial charge is 0.231 e. The summed E-state index contributed by atoms with van der Waals surface area (Å²) in [5, 5.41) is 0.457. The average molecular weight is 402 g/mol. The molecule has 2 aromatic carbocycles. The summed E-state index contributed by atoms with van der Waals surface area (Å²) in [5.41, 5.74) is 1.18. The van der Waals surface area contributed by atoms with E-state index in [0.29, 0.717) is 40.3 Å². The lowest BCUT2D eigenvalue weighted by atomic mass is 10.2. The van der Waals surface area contributed by atoms with Crippen molar-refractivity contribution >= 4 is 11.8 Å². The van der Waals surface area contributed by atoms with E-state index >= 15 is 0 Å². The molecule has 1 aromatic heterocycles. The largest absolute Gasteiger partial charge is 0.454 e. The van der Waals surface area contributed by atoms with Crippen LogP contribution in [0, 0.1) is 11.6 Å². The van der Waals surface area contributed by atoms with Crippen LogP contribution in [0.1, 0.15) is 18.2 Å². The Bertz CT molecular complexity index is 1020. The van der Waals surface area contributed by atoms with Crippen molar-refractivity contribution in [1.29, 1.82) is 0 Å². The second-order valence-electron chi connectivity index (χ2n) is 5.98. The Balaban J connectivity index is 1.52. The van der Waals surface area contributed by atoms with Gasteiger partial charge in [-0.1, -0.05) is 24.8 Å². The molecular formula is C20H16F2N2O3S. The normalized spacial score (nSPS) is 12.2. The number of aromatic nitrogens is 2. The molecule has 5 nitrogen and oxygen atoms in total. The minimum absolute atomic E-state index is 0.188. The van der Waals surface area contributed by atoms with Gasteiger partial charge in [-0.05, 0) is 30.2 Å². The van der Waals surface area contributed by atoms with Crippen molar-refractivity contribution in [2.24, 2.45) is 0 Å². The molecule has 8 heteroatoms. The summed E-state index contributed by atoms with van der Waals surface area (Å²) >= 11 is 1.26.